The van der Waals surface area contributed by atoms with E-state index in [2.05, 4.69) is 21.2 Å². The van der Waals surface area contributed by atoms with Gasteiger partial charge in [-0.3, -0.25) is 0 Å². The Morgan fingerprint density at radius 2 is 1.86 bits per heavy atom. The van der Waals surface area contributed by atoms with Crippen LogP contribution in [-0.4, -0.2) is 13.7 Å². The zero-order valence-electron chi connectivity index (χ0n) is 12.0. The molecule has 112 valence electrons. The third-order valence-corrected chi connectivity index (χ3v) is 3.70. The zero-order valence-corrected chi connectivity index (χ0v) is 13.5. The summed E-state index contributed by atoms with van der Waals surface area (Å²) in [5.41, 5.74) is 1.89. The van der Waals surface area contributed by atoms with Crippen LogP contribution < -0.4 is 14.8 Å². The first kappa shape index (κ1) is 15.6. The van der Waals surface area contributed by atoms with Crippen molar-refractivity contribution in [3.8, 4) is 11.5 Å². The minimum absolute atomic E-state index is 0.246. The van der Waals surface area contributed by atoms with E-state index in [1.54, 1.807) is 19.2 Å². The van der Waals surface area contributed by atoms with Crippen LogP contribution in [0.2, 0.25) is 0 Å². The fraction of sp³-hybridized carbons (Fsp3) is 0.250. The Labute approximate surface area is 132 Å². The molecule has 0 unspecified atom stereocenters. The molecule has 5 heteroatoms. The van der Waals surface area contributed by atoms with E-state index in [4.69, 9.17) is 9.47 Å². The van der Waals surface area contributed by atoms with Gasteiger partial charge >= 0.3 is 0 Å². The van der Waals surface area contributed by atoms with Gasteiger partial charge in [0.1, 0.15) is 5.82 Å². The largest absolute Gasteiger partial charge is 0.493 e. The molecule has 0 saturated heterocycles. The standard InChI is InChI=1S/C16H17BrFNO2/c1-3-21-16-8-11(14(17)9-15(16)20-2)10-19-13-6-4-12(18)5-7-13/h4-9,19H,3,10H2,1-2H3. The lowest BCUT2D eigenvalue weighted by atomic mass is 10.2. The third kappa shape index (κ3) is 4.11. The highest BCUT2D eigenvalue weighted by molar-refractivity contribution is 9.10. The zero-order chi connectivity index (χ0) is 15.2. The monoisotopic (exact) mass is 353 g/mol. The average molecular weight is 354 g/mol. The van der Waals surface area contributed by atoms with Crippen LogP contribution >= 0.6 is 15.9 Å². The fourth-order valence-corrected chi connectivity index (χ4v) is 2.37. The van der Waals surface area contributed by atoms with E-state index >= 15 is 0 Å². The van der Waals surface area contributed by atoms with E-state index < -0.39 is 0 Å². The number of rotatable bonds is 6. The van der Waals surface area contributed by atoms with Gasteiger partial charge in [0, 0.05) is 16.7 Å². The molecule has 0 aliphatic heterocycles. The molecule has 0 spiro atoms. The number of nitrogens with one attached hydrogen (secondary N) is 1. The third-order valence-electron chi connectivity index (χ3n) is 2.96. The number of ether oxygens (including phenoxy) is 2. The maximum absolute atomic E-state index is 12.9. The predicted octanol–water partition coefficient (Wildman–Crippen LogP) is 4.61. The Balaban J connectivity index is 2.15. The molecule has 0 atom stereocenters. The maximum atomic E-state index is 12.9. The number of methoxy groups -OCH3 is 1. The van der Waals surface area contributed by atoms with E-state index in [1.165, 1.54) is 12.1 Å². The van der Waals surface area contributed by atoms with Crippen molar-refractivity contribution in [3.05, 3.63) is 52.3 Å². The molecule has 0 aliphatic carbocycles. The van der Waals surface area contributed by atoms with Crippen LogP contribution in [0.25, 0.3) is 0 Å². The highest BCUT2D eigenvalue weighted by atomic mass is 79.9. The lowest BCUT2D eigenvalue weighted by molar-refractivity contribution is 0.310. The second-order valence-electron chi connectivity index (χ2n) is 4.39. The van der Waals surface area contributed by atoms with Gasteiger partial charge in [-0.05, 0) is 48.9 Å². The lowest BCUT2D eigenvalue weighted by Gasteiger charge is -2.14. The average Bonchev–Trinajstić information content (AvgIpc) is 2.49. The van der Waals surface area contributed by atoms with Crippen LogP contribution in [0.1, 0.15) is 12.5 Å². The molecule has 0 aliphatic rings. The van der Waals surface area contributed by atoms with Gasteiger partial charge in [0.05, 0.1) is 13.7 Å². The molecule has 2 aromatic rings. The normalized spacial score (nSPS) is 10.3. The molecular weight excluding hydrogens is 337 g/mol. The summed E-state index contributed by atoms with van der Waals surface area (Å²) in [7, 11) is 1.61. The molecule has 0 bridgehead atoms. The molecule has 1 N–H and O–H groups in total. The van der Waals surface area contributed by atoms with E-state index in [1.807, 2.05) is 19.1 Å². The van der Waals surface area contributed by atoms with Crippen molar-refractivity contribution in [2.45, 2.75) is 13.5 Å². The van der Waals surface area contributed by atoms with Gasteiger partial charge in [-0.25, -0.2) is 4.39 Å². The number of hydrogen-bond acceptors (Lipinski definition) is 3. The van der Waals surface area contributed by atoms with Gasteiger partial charge in [0.2, 0.25) is 0 Å². The molecule has 0 heterocycles. The second-order valence-corrected chi connectivity index (χ2v) is 5.24. The summed E-state index contributed by atoms with van der Waals surface area (Å²) in [6, 6.07) is 10.1. The summed E-state index contributed by atoms with van der Waals surface area (Å²) in [4.78, 5) is 0. The predicted molar refractivity (Wildman–Crippen MR) is 85.6 cm³/mol. The Morgan fingerprint density at radius 3 is 2.48 bits per heavy atom. The summed E-state index contributed by atoms with van der Waals surface area (Å²) in [5.74, 6) is 1.15. The van der Waals surface area contributed by atoms with E-state index in [-0.39, 0.29) is 5.82 Å². The molecule has 0 fully saturated rings. The first-order chi connectivity index (χ1) is 10.1. The van der Waals surface area contributed by atoms with Crippen LogP contribution in [0.3, 0.4) is 0 Å². The molecule has 2 rings (SSSR count). The van der Waals surface area contributed by atoms with Crippen LogP contribution in [0.15, 0.2) is 40.9 Å². The first-order valence-electron chi connectivity index (χ1n) is 6.62. The van der Waals surface area contributed by atoms with E-state index in [0.29, 0.717) is 24.7 Å². The van der Waals surface area contributed by atoms with Crippen molar-refractivity contribution in [1.29, 1.82) is 0 Å². The molecule has 0 saturated carbocycles. The lowest BCUT2D eigenvalue weighted by Crippen LogP contribution is -2.02. The highest BCUT2D eigenvalue weighted by Gasteiger charge is 2.10. The summed E-state index contributed by atoms with van der Waals surface area (Å²) >= 11 is 3.52. The number of halogens is 2. The molecule has 21 heavy (non-hydrogen) atoms. The quantitative estimate of drug-likeness (QED) is 0.822. The topological polar surface area (TPSA) is 30.5 Å². The van der Waals surface area contributed by atoms with Crippen LogP contribution in [0.4, 0.5) is 10.1 Å². The van der Waals surface area contributed by atoms with Crippen molar-refractivity contribution >= 4 is 21.6 Å². The van der Waals surface area contributed by atoms with Crippen molar-refractivity contribution in [1.82, 2.24) is 0 Å². The molecule has 0 radical (unpaired) electrons. The second kappa shape index (κ2) is 7.31. The van der Waals surface area contributed by atoms with Crippen LogP contribution in [0, 0.1) is 5.82 Å². The molecular formula is C16H17BrFNO2. The Bertz CT molecular complexity index is 602. The molecule has 0 amide bonds. The first-order valence-corrected chi connectivity index (χ1v) is 7.42. The molecule has 2 aromatic carbocycles. The summed E-state index contributed by atoms with van der Waals surface area (Å²) < 4.78 is 24.7. The summed E-state index contributed by atoms with van der Waals surface area (Å²) in [5, 5.41) is 3.24. The molecule has 0 aromatic heterocycles. The van der Waals surface area contributed by atoms with Gasteiger partial charge < -0.3 is 14.8 Å². The van der Waals surface area contributed by atoms with Gasteiger partial charge in [-0.15, -0.1) is 0 Å². The minimum atomic E-state index is -0.246. The number of hydrogen-bond donors (Lipinski definition) is 1. The van der Waals surface area contributed by atoms with E-state index in [0.717, 1.165) is 15.7 Å². The van der Waals surface area contributed by atoms with Crippen molar-refractivity contribution in [2.24, 2.45) is 0 Å². The Kier molecular flexibility index (Phi) is 5.44. The number of anilines is 1. The highest BCUT2D eigenvalue weighted by Crippen LogP contribution is 2.33. The van der Waals surface area contributed by atoms with Gasteiger partial charge in [-0.2, -0.15) is 0 Å². The van der Waals surface area contributed by atoms with Gasteiger partial charge in [-0.1, -0.05) is 15.9 Å². The van der Waals surface area contributed by atoms with Crippen molar-refractivity contribution in [2.75, 3.05) is 19.0 Å². The molecule has 3 nitrogen and oxygen atoms in total. The summed E-state index contributed by atoms with van der Waals surface area (Å²) in [6.07, 6.45) is 0. The Hall–Kier alpha value is -1.75. The smallest absolute Gasteiger partial charge is 0.161 e. The fourth-order valence-electron chi connectivity index (χ4n) is 1.91. The van der Waals surface area contributed by atoms with Crippen LogP contribution in [0.5, 0.6) is 11.5 Å². The SMILES string of the molecule is CCOc1cc(CNc2ccc(F)cc2)c(Br)cc1OC. The van der Waals surface area contributed by atoms with Crippen molar-refractivity contribution in [3.63, 3.8) is 0 Å². The van der Waals surface area contributed by atoms with Gasteiger partial charge in [0.25, 0.3) is 0 Å². The van der Waals surface area contributed by atoms with Crippen LogP contribution in [-0.2, 0) is 6.54 Å². The summed E-state index contributed by atoms with van der Waals surface area (Å²) in [6.45, 7) is 3.09. The minimum Gasteiger partial charge on any atom is -0.493 e. The number of benzene rings is 2. The Morgan fingerprint density at radius 1 is 1.14 bits per heavy atom. The van der Waals surface area contributed by atoms with E-state index in [9.17, 15) is 4.39 Å². The van der Waals surface area contributed by atoms with Crippen molar-refractivity contribution < 1.29 is 13.9 Å². The maximum Gasteiger partial charge on any atom is 0.161 e. The van der Waals surface area contributed by atoms with Gasteiger partial charge in [0.15, 0.2) is 11.5 Å².